The number of rotatable bonds is 3. The van der Waals surface area contributed by atoms with Crippen molar-refractivity contribution < 1.29 is 18.3 Å². The Labute approximate surface area is 86.5 Å². The molecular formula is C11H13F3O. The Bertz CT molecular complexity index is 331. The Morgan fingerprint density at radius 1 is 1.27 bits per heavy atom. The molecule has 0 spiro atoms. The highest BCUT2D eigenvalue weighted by Gasteiger charge is 2.33. The largest absolute Gasteiger partial charge is 0.507 e. The molecule has 0 heterocycles. The van der Waals surface area contributed by atoms with E-state index >= 15 is 0 Å². The van der Waals surface area contributed by atoms with Gasteiger partial charge in [0.2, 0.25) is 0 Å². The van der Waals surface area contributed by atoms with Crippen molar-refractivity contribution in [1.82, 2.24) is 0 Å². The van der Waals surface area contributed by atoms with Gasteiger partial charge in [0.25, 0.3) is 0 Å². The van der Waals surface area contributed by atoms with Gasteiger partial charge in [-0.3, -0.25) is 0 Å². The topological polar surface area (TPSA) is 20.2 Å². The van der Waals surface area contributed by atoms with Crippen molar-refractivity contribution in [2.75, 3.05) is 0 Å². The lowest BCUT2D eigenvalue weighted by Gasteiger charge is -2.10. The first kappa shape index (κ1) is 11.9. The van der Waals surface area contributed by atoms with Gasteiger partial charge in [-0.1, -0.05) is 19.4 Å². The molecule has 0 saturated carbocycles. The summed E-state index contributed by atoms with van der Waals surface area (Å²) >= 11 is 0. The molecule has 0 aromatic heterocycles. The van der Waals surface area contributed by atoms with Gasteiger partial charge in [-0.15, -0.1) is 0 Å². The Morgan fingerprint density at radius 3 is 2.47 bits per heavy atom. The third kappa shape index (κ3) is 3.15. The number of hydrogen-bond donors (Lipinski definition) is 1. The van der Waals surface area contributed by atoms with E-state index in [-0.39, 0.29) is 0 Å². The van der Waals surface area contributed by atoms with Crippen molar-refractivity contribution in [1.29, 1.82) is 0 Å². The molecule has 15 heavy (non-hydrogen) atoms. The Hall–Kier alpha value is -1.19. The summed E-state index contributed by atoms with van der Waals surface area (Å²) in [5.74, 6) is -0.706. The zero-order valence-electron chi connectivity index (χ0n) is 8.43. The molecule has 0 aliphatic rings. The van der Waals surface area contributed by atoms with Crippen molar-refractivity contribution in [3.05, 3.63) is 29.3 Å². The number of halogens is 3. The van der Waals surface area contributed by atoms with Gasteiger partial charge in [-0.05, 0) is 30.5 Å². The third-order valence-electron chi connectivity index (χ3n) is 2.19. The van der Waals surface area contributed by atoms with Crippen LogP contribution in [0, 0.1) is 0 Å². The van der Waals surface area contributed by atoms with Crippen molar-refractivity contribution in [3.8, 4) is 5.75 Å². The molecule has 0 amide bonds. The van der Waals surface area contributed by atoms with Gasteiger partial charge in [0.1, 0.15) is 5.75 Å². The van der Waals surface area contributed by atoms with E-state index in [2.05, 4.69) is 0 Å². The number of aryl methyl sites for hydroxylation is 1. The lowest BCUT2D eigenvalue weighted by Crippen LogP contribution is -2.06. The number of phenols is 1. The van der Waals surface area contributed by atoms with Gasteiger partial charge in [0.15, 0.2) is 0 Å². The molecular weight excluding hydrogens is 205 g/mol. The lowest BCUT2D eigenvalue weighted by molar-refractivity contribution is -0.138. The van der Waals surface area contributed by atoms with Gasteiger partial charge in [0.05, 0.1) is 5.56 Å². The van der Waals surface area contributed by atoms with E-state index in [9.17, 15) is 13.2 Å². The van der Waals surface area contributed by atoms with Crippen molar-refractivity contribution in [2.24, 2.45) is 0 Å². The van der Waals surface area contributed by atoms with Crippen LogP contribution in [0.2, 0.25) is 0 Å². The monoisotopic (exact) mass is 218 g/mol. The van der Waals surface area contributed by atoms with Crippen LogP contribution in [0.5, 0.6) is 5.75 Å². The van der Waals surface area contributed by atoms with E-state index in [0.29, 0.717) is 12.0 Å². The van der Waals surface area contributed by atoms with Crippen molar-refractivity contribution in [3.63, 3.8) is 0 Å². The molecule has 0 radical (unpaired) electrons. The second-order valence-corrected chi connectivity index (χ2v) is 3.45. The summed E-state index contributed by atoms with van der Waals surface area (Å²) in [7, 11) is 0. The summed E-state index contributed by atoms with van der Waals surface area (Å²) in [6.07, 6.45) is -2.09. The van der Waals surface area contributed by atoms with Gasteiger partial charge in [-0.2, -0.15) is 13.2 Å². The van der Waals surface area contributed by atoms with E-state index in [1.165, 1.54) is 6.07 Å². The number of phenolic OH excluding ortho intramolecular Hbond substituents is 1. The van der Waals surface area contributed by atoms with Gasteiger partial charge in [-0.25, -0.2) is 0 Å². The fraction of sp³-hybridized carbons (Fsp3) is 0.455. The number of aromatic hydroxyl groups is 1. The van der Waals surface area contributed by atoms with E-state index in [1.807, 2.05) is 6.92 Å². The summed E-state index contributed by atoms with van der Waals surface area (Å²) in [4.78, 5) is 0. The van der Waals surface area contributed by atoms with Crippen LogP contribution in [-0.4, -0.2) is 5.11 Å². The molecule has 0 unspecified atom stereocenters. The van der Waals surface area contributed by atoms with E-state index in [1.54, 1.807) is 0 Å². The summed E-state index contributed by atoms with van der Waals surface area (Å²) < 4.78 is 37.2. The minimum atomic E-state index is -4.48. The fourth-order valence-corrected chi connectivity index (χ4v) is 1.35. The van der Waals surface area contributed by atoms with Crippen LogP contribution in [0.1, 0.15) is 30.9 Å². The average molecular weight is 218 g/mol. The van der Waals surface area contributed by atoms with Gasteiger partial charge < -0.3 is 5.11 Å². The molecule has 84 valence electrons. The van der Waals surface area contributed by atoms with Crippen molar-refractivity contribution in [2.45, 2.75) is 32.4 Å². The highest BCUT2D eigenvalue weighted by molar-refractivity contribution is 5.38. The molecule has 1 aromatic rings. The lowest BCUT2D eigenvalue weighted by atomic mass is 10.0. The molecule has 0 saturated heterocycles. The predicted octanol–water partition coefficient (Wildman–Crippen LogP) is 3.75. The first-order chi connectivity index (χ1) is 6.95. The second-order valence-electron chi connectivity index (χ2n) is 3.45. The molecule has 4 heteroatoms. The highest BCUT2D eigenvalue weighted by Crippen LogP contribution is 2.36. The van der Waals surface area contributed by atoms with Crippen LogP contribution in [0.15, 0.2) is 18.2 Å². The van der Waals surface area contributed by atoms with Gasteiger partial charge in [0, 0.05) is 0 Å². The van der Waals surface area contributed by atoms with Crippen LogP contribution < -0.4 is 0 Å². The number of hydrogen-bond acceptors (Lipinski definition) is 1. The molecule has 1 rings (SSSR count). The normalized spacial score (nSPS) is 11.7. The maximum absolute atomic E-state index is 12.4. The zero-order chi connectivity index (χ0) is 11.5. The Morgan fingerprint density at radius 2 is 1.93 bits per heavy atom. The zero-order valence-corrected chi connectivity index (χ0v) is 8.43. The Balaban J connectivity index is 2.95. The molecule has 1 nitrogen and oxygen atoms in total. The third-order valence-corrected chi connectivity index (χ3v) is 2.19. The Kier molecular flexibility index (Phi) is 3.61. The van der Waals surface area contributed by atoms with E-state index in [4.69, 9.17) is 5.11 Å². The maximum atomic E-state index is 12.4. The molecule has 0 atom stereocenters. The minimum Gasteiger partial charge on any atom is -0.507 e. The second kappa shape index (κ2) is 4.55. The quantitative estimate of drug-likeness (QED) is 0.819. The number of unbranched alkanes of at least 4 members (excludes halogenated alkanes) is 1. The van der Waals surface area contributed by atoms with Crippen LogP contribution in [-0.2, 0) is 12.6 Å². The van der Waals surface area contributed by atoms with Crippen LogP contribution >= 0.6 is 0 Å². The SMILES string of the molecule is CCCCc1ccc(O)c(C(F)(F)F)c1. The average Bonchev–Trinajstić information content (AvgIpc) is 2.15. The molecule has 0 bridgehead atoms. The molecule has 0 fully saturated rings. The number of alkyl halides is 3. The standard InChI is InChI=1S/C11H13F3O/c1-2-3-4-8-5-6-10(15)9(7-8)11(12,13)14/h5-7,15H,2-4H2,1H3. The highest BCUT2D eigenvalue weighted by atomic mass is 19.4. The fourth-order valence-electron chi connectivity index (χ4n) is 1.35. The van der Waals surface area contributed by atoms with Crippen LogP contribution in [0.3, 0.4) is 0 Å². The predicted molar refractivity (Wildman–Crippen MR) is 51.7 cm³/mol. The first-order valence-corrected chi connectivity index (χ1v) is 4.84. The minimum absolute atomic E-state index is 0.611. The summed E-state index contributed by atoms with van der Waals surface area (Å²) in [5, 5.41) is 9.08. The maximum Gasteiger partial charge on any atom is 0.419 e. The van der Waals surface area contributed by atoms with Crippen LogP contribution in [0.25, 0.3) is 0 Å². The smallest absolute Gasteiger partial charge is 0.419 e. The number of benzene rings is 1. The molecule has 0 aliphatic heterocycles. The van der Waals surface area contributed by atoms with Crippen LogP contribution in [0.4, 0.5) is 13.2 Å². The molecule has 1 aromatic carbocycles. The first-order valence-electron chi connectivity index (χ1n) is 4.84. The molecule has 0 aliphatic carbocycles. The summed E-state index contributed by atoms with van der Waals surface area (Å²) in [6.45, 7) is 1.98. The molecule has 1 N–H and O–H groups in total. The summed E-state index contributed by atoms with van der Waals surface area (Å²) in [5.41, 5.74) is -0.335. The summed E-state index contributed by atoms with van der Waals surface area (Å²) in [6, 6.07) is 3.65. The van der Waals surface area contributed by atoms with Gasteiger partial charge >= 0.3 is 6.18 Å². The van der Waals surface area contributed by atoms with E-state index < -0.39 is 17.5 Å². The van der Waals surface area contributed by atoms with E-state index in [0.717, 1.165) is 25.0 Å². The van der Waals surface area contributed by atoms with Crippen molar-refractivity contribution >= 4 is 0 Å².